The summed E-state index contributed by atoms with van der Waals surface area (Å²) in [6.45, 7) is 1.98. The zero-order chi connectivity index (χ0) is 12.3. The molecule has 1 nitrogen and oxygen atoms in total. The van der Waals surface area contributed by atoms with Crippen LogP contribution < -0.4 is 0 Å². The SMILES string of the molecule is Cc1cccc(Sc2c(F)cccc2C=O)c1. The summed E-state index contributed by atoms with van der Waals surface area (Å²) in [4.78, 5) is 12.2. The predicted molar refractivity (Wildman–Crippen MR) is 67.1 cm³/mol. The fourth-order valence-corrected chi connectivity index (χ4v) is 2.55. The van der Waals surface area contributed by atoms with E-state index in [9.17, 15) is 9.18 Å². The van der Waals surface area contributed by atoms with Crippen LogP contribution in [0.25, 0.3) is 0 Å². The number of hydrogen-bond acceptors (Lipinski definition) is 2. The Morgan fingerprint density at radius 2 is 1.94 bits per heavy atom. The number of benzene rings is 2. The molecule has 0 aliphatic rings. The van der Waals surface area contributed by atoms with Crippen molar-refractivity contribution < 1.29 is 9.18 Å². The minimum atomic E-state index is -0.360. The highest BCUT2D eigenvalue weighted by Gasteiger charge is 2.09. The number of carbonyl (C=O) groups excluding carboxylic acids is 1. The number of carbonyl (C=O) groups is 1. The summed E-state index contributed by atoms with van der Waals surface area (Å²) >= 11 is 1.27. The average molecular weight is 246 g/mol. The average Bonchev–Trinajstić information content (AvgIpc) is 2.32. The number of aryl methyl sites for hydroxylation is 1. The fraction of sp³-hybridized carbons (Fsp3) is 0.0714. The molecule has 0 bridgehead atoms. The zero-order valence-electron chi connectivity index (χ0n) is 9.31. The molecule has 0 amide bonds. The lowest BCUT2D eigenvalue weighted by atomic mass is 10.2. The molecule has 86 valence electrons. The van der Waals surface area contributed by atoms with Crippen LogP contribution in [0.15, 0.2) is 52.3 Å². The molecule has 17 heavy (non-hydrogen) atoms. The van der Waals surface area contributed by atoms with E-state index in [-0.39, 0.29) is 5.82 Å². The first kappa shape index (κ1) is 11.9. The third-order valence-electron chi connectivity index (χ3n) is 2.33. The molecule has 0 heterocycles. The van der Waals surface area contributed by atoms with E-state index in [1.807, 2.05) is 31.2 Å². The van der Waals surface area contributed by atoms with Crippen LogP contribution >= 0.6 is 11.8 Å². The molecule has 0 spiro atoms. The van der Waals surface area contributed by atoms with E-state index < -0.39 is 0 Å². The highest BCUT2D eigenvalue weighted by Crippen LogP contribution is 2.32. The predicted octanol–water partition coefficient (Wildman–Crippen LogP) is 4.10. The maximum absolute atomic E-state index is 13.6. The number of rotatable bonds is 3. The van der Waals surface area contributed by atoms with Gasteiger partial charge in [-0.05, 0) is 25.1 Å². The molecule has 0 unspecified atom stereocenters. The molecule has 3 heteroatoms. The lowest BCUT2D eigenvalue weighted by molar-refractivity contribution is 0.112. The molecule has 0 saturated carbocycles. The van der Waals surface area contributed by atoms with E-state index >= 15 is 0 Å². The summed E-state index contributed by atoms with van der Waals surface area (Å²) in [6.07, 6.45) is 0.682. The Hall–Kier alpha value is -1.61. The molecule has 0 aromatic heterocycles. The minimum Gasteiger partial charge on any atom is -0.298 e. The number of hydrogen-bond donors (Lipinski definition) is 0. The summed E-state index contributed by atoms with van der Waals surface area (Å²) in [5, 5.41) is 0. The van der Waals surface area contributed by atoms with Gasteiger partial charge in [0.2, 0.25) is 0 Å². The fourth-order valence-electron chi connectivity index (χ4n) is 1.52. The highest BCUT2D eigenvalue weighted by atomic mass is 32.2. The van der Waals surface area contributed by atoms with Gasteiger partial charge in [-0.2, -0.15) is 0 Å². The number of halogens is 1. The van der Waals surface area contributed by atoms with Crippen molar-refractivity contribution in [1.82, 2.24) is 0 Å². The molecule has 2 aromatic rings. The van der Waals surface area contributed by atoms with Crippen molar-refractivity contribution in [3.63, 3.8) is 0 Å². The van der Waals surface area contributed by atoms with Gasteiger partial charge in [-0.15, -0.1) is 0 Å². The summed E-state index contributed by atoms with van der Waals surface area (Å²) in [5.74, 6) is -0.360. The Morgan fingerprint density at radius 1 is 1.18 bits per heavy atom. The van der Waals surface area contributed by atoms with Crippen molar-refractivity contribution in [1.29, 1.82) is 0 Å². The van der Waals surface area contributed by atoms with Crippen LogP contribution in [-0.4, -0.2) is 6.29 Å². The second-order valence-electron chi connectivity index (χ2n) is 3.69. The van der Waals surface area contributed by atoms with Gasteiger partial charge in [-0.25, -0.2) is 4.39 Å². The third kappa shape index (κ3) is 2.74. The Bertz CT molecular complexity index is 552. The van der Waals surface area contributed by atoms with Crippen LogP contribution in [-0.2, 0) is 0 Å². The Kier molecular flexibility index (Phi) is 3.59. The summed E-state index contributed by atoms with van der Waals surface area (Å²) in [7, 11) is 0. The van der Waals surface area contributed by atoms with Crippen LogP contribution in [0.3, 0.4) is 0 Å². The molecule has 2 aromatic carbocycles. The molecule has 0 radical (unpaired) electrons. The molecule has 0 atom stereocenters. The first-order valence-corrected chi connectivity index (χ1v) is 6.00. The van der Waals surface area contributed by atoms with Gasteiger partial charge < -0.3 is 0 Å². The number of aldehydes is 1. The minimum absolute atomic E-state index is 0.360. The highest BCUT2D eigenvalue weighted by molar-refractivity contribution is 7.99. The second-order valence-corrected chi connectivity index (χ2v) is 4.78. The van der Waals surface area contributed by atoms with Gasteiger partial charge in [0.25, 0.3) is 0 Å². The maximum Gasteiger partial charge on any atom is 0.151 e. The van der Waals surface area contributed by atoms with Crippen LogP contribution in [0, 0.1) is 12.7 Å². The molecule has 0 aliphatic heterocycles. The maximum atomic E-state index is 13.6. The Labute approximate surface area is 104 Å². The van der Waals surface area contributed by atoms with Crippen molar-refractivity contribution >= 4 is 18.0 Å². The van der Waals surface area contributed by atoms with Crippen LogP contribution in [0.2, 0.25) is 0 Å². The van der Waals surface area contributed by atoms with Crippen LogP contribution in [0.4, 0.5) is 4.39 Å². The summed E-state index contributed by atoms with van der Waals surface area (Å²) in [5.41, 5.74) is 1.50. The molecule has 2 rings (SSSR count). The van der Waals surface area contributed by atoms with Gasteiger partial charge in [-0.3, -0.25) is 4.79 Å². The van der Waals surface area contributed by atoms with Crippen molar-refractivity contribution in [2.24, 2.45) is 0 Å². The summed E-state index contributed by atoms with van der Waals surface area (Å²) in [6, 6.07) is 12.3. The molecular formula is C14H11FOS. The lowest BCUT2D eigenvalue weighted by Crippen LogP contribution is -1.89. The van der Waals surface area contributed by atoms with E-state index in [2.05, 4.69) is 0 Å². The monoisotopic (exact) mass is 246 g/mol. The van der Waals surface area contributed by atoms with E-state index in [1.165, 1.54) is 17.8 Å². The normalized spacial score (nSPS) is 10.2. The zero-order valence-corrected chi connectivity index (χ0v) is 10.1. The lowest BCUT2D eigenvalue weighted by Gasteiger charge is -2.06. The van der Waals surface area contributed by atoms with Crippen molar-refractivity contribution in [2.75, 3.05) is 0 Å². The topological polar surface area (TPSA) is 17.1 Å². The molecule has 0 fully saturated rings. The van der Waals surface area contributed by atoms with Gasteiger partial charge in [0.1, 0.15) is 5.82 Å². The van der Waals surface area contributed by atoms with Crippen molar-refractivity contribution in [2.45, 2.75) is 16.7 Å². The van der Waals surface area contributed by atoms with Crippen molar-refractivity contribution in [3.05, 3.63) is 59.4 Å². The van der Waals surface area contributed by atoms with Crippen LogP contribution in [0.1, 0.15) is 15.9 Å². The van der Waals surface area contributed by atoms with Gasteiger partial charge in [0.05, 0.1) is 4.90 Å². The van der Waals surface area contributed by atoms with Gasteiger partial charge in [-0.1, -0.05) is 41.6 Å². The molecule has 0 aliphatic carbocycles. The first-order valence-electron chi connectivity index (χ1n) is 5.19. The first-order chi connectivity index (χ1) is 8.20. The summed E-state index contributed by atoms with van der Waals surface area (Å²) < 4.78 is 13.6. The van der Waals surface area contributed by atoms with E-state index in [0.29, 0.717) is 16.7 Å². The van der Waals surface area contributed by atoms with E-state index in [0.717, 1.165) is 10.5 Å². The smallest absolute Gasteiger partial charge is 0.151 e. The Balaban J connectivity index is 2.39. The Morgan fingerprint density at radius 3 is 2.65 bits per heavy atom. The third-order valence-corrected chi connectivity index (χ3v) is 3.46. The van der Waals surface area contributed by atoms with Crippen molar-refractivity contribution in [3.8, 4) is 0 Å². The molecule has 0 N–H and O–H groups in total. The van der Waals surface area contributed by atoms with Gasteiger partial charge >= 0.3 is 0 Å². The molecule has 0 saturated heterocycles. The van der Waals surface area contributed by atoms with E-state index in [1.54, 1.807) is 12.1 Å². The standard InChI is InChI=1S/C14H11FOS/c1-10-4-2-6-12(8-10)17-14-11(9-16)5-3-7-13(14)15/h2-9H,1H3. The van der Waals surface area contributed by atoms with Gasteiger partial charge in [0.15, 0.2) is 6.29 Å². The second kappa shape index (κ2) is 5.15. The van der Waals surface area contributed by atoms with Crippen LogP contribution in [0.5, 0.6) is 0 Å². The van der Waals surface area contributed by atoms with E-state index in [4.69, 9.17) is 0 Å². The molecular weight excluding hydrogens is 235 g/mol. The largest absolute Gasteiger partial charge is 0.298 e. The quantitative estimate of drug-likeness (QED) is 0.758. The van der Waals surface area contributed by atoms with Gasteiger partial charge in [0, 0.05) is 10.5 Å².